The molecule has 0 spiro atoms. The van der Waals surface area contributed by atoms with E-state index in [1.807, 2.05) is 0 Å². The van der Waals surface area contributed by atoms with Crippen molar-refractivity contribution in [2.24, 2.45) is 0 Å². The van der Waals surface area contributed by atoms with Crippen LogP contribution in [0.2, 0.25) is 0 Å². The van der Waals surface area contributed by atoms with E-state index < -0.39 is 0 Å². The van der Waals surface area contributed by atoms with Crippen LogP contribution < -0.4 is 0 Å². The van der Waals surface area contributed by atoms with E-state index in [9.17, 15) is 0 Å². The summed E-state index contributed by atoms with van der Waals surface area (Å²) >= 11 is 0. The van der Waals surface area contributed by atoms with Crippen LogP contribution >= 0.6 is 0 Å². The topological polar surface area (TPSA) is 17.8 Å². The van der Waals surface area contributed by atoms with Crippen molar-refractivity contribution in [3.63, 3.8) is 0 Å². The molecule has 1 heterocycles. The van der Waals surface area contributed by atoms with Crippen LogP contribution in [0.3, 0.4) is 0 Å². The van der Waals surface area contributed by atoms with Gasteiger partial charge in [-0.25, -0.2) is 4.98 Å². The lowest BCUT2D eigenvalue weighted by molar-refractivity contribution is 0.908. The van der Waals surface area contributed by atoms with Gasteiger partial charge in [-0.3, -0.25) is 4.57 Å². The molecule has 0 aliphatic carbocycles. The molecule has 0 unspecified atom stereocenters. The third kappa shape index (κ3) is 5.22. The molecule has 0 atom stereocenters. The zero-order valence-electron chi connectivity index (χ0n) is 29.5. The number of aryl methyl sites for hydroxylation is 1. The first-order valence-corrected chi connectivity index (χ1v) is 18.4. The van der Waals surface area contributed by atoms with Crippen LogP contribution in [-0.2, 0) is 6.42 Å². The van der Waals surface area contributed by atoms with Crippen molar-refractivity contribution >= 4 is 43.4 Å². The van der Waals surface area contributed by atoms with E-state index in [0.29, 0.717) is 0 Å². The average Bonchev–Trinajstić information content (AvgIpc) is 3.62. The molecule has 2 nitrogen and oxygen atoms in total. The van der Waals surface area contributed by atoms with Gasteiger partial charge in [0.1, 0.15) is 5.82 Å². The van der Waals surface area contributed by atoms with E-state index in [4.69, 9.17) is 4.98 Å². The summed E-state index contributed by atoms with van der Waals surface area (Å²) in [5, 5.41) is 7.48. The lowest BCUT2D eigenvalue weighted by atomic mass is 9.83. The maximum Gasteiger partial charge on any atom is 0.114 e. The van der Waals surface area contributed by atoms with Crippen molar-refractivity contribution in [1.29, 1.82) is 0 Å². The zero-order valence-corrected chi connectivity index (χ0v) is 29.5. The second-order valence-electron chi connectivity index (χ2n) is 13.8. The molecule has 0 N–H and O–H groups in total. The molecule has 0 bridgehead atoms. The molecule has 250 valence electrons. The van der Waals surface area contributed by atoms with Crippen LogP contribution in [0.1, 0.15) is 12.7 Å². The number of imidazole rings is 1. The van der Waals surface area contributed by atoms with Crippen LogP contribution in [0.15, 0.2) is 188 Å². The molecule has 0 fully saturated rings. The van der Waals surface area contributed by atoms with Crippen molar-refractivity contribution in [2.45, 2.75) is 13.3 Å². The first-order valence-electron chi connectivity index (χ1n) is 18.4. The van der Waals surface area contributed by atoms with Gasteiger partial charge in [-0.05, 0) is 113 Å². The normalized spacial score (nSPS) is 11.6. The van der Waals surface area contributed by atoms with Crippen molar-refractivity contribution in [3.8, 4) is 50.2 Å². The summed E-state index contributed by atoms with van der Waals surface area (Å²) in [5.74, 6) is 1.07. The Morgan fingerprint density at radius 2 is 1.00 bits per heavy atom. The Hall–Kier alpha value is -6.77. The van der Waals surface area contributed by atoms with Gasteiger partial charge in [-0.15, -0.1) is 0 Å². The number of hydrogen-bond donors (Lipinski definition) is 0. The van der Waals surface area contributed by atoms with Gasteiger partial charge in [-0.2, -0.15) is 0 Å². The highest BCUT2D eigenvalue weighted by Gasteiger charge is 2.19. The quantitative estimate of drug-likeness (QED) is 0.160. The summed E-state index contributed by atoms with van der Waals surface area (Å²) in [6, 6.07) is 68.6. The fourth-order valence-corrected chi connectivity index (χ4v) is 8.29. The van der Waals surface area contributed by atoms with E-state index in [2.05, 4.69) is 200 Å². The Balaban J connectivity index is 1.23. The van der Waals surface area contributed by atoms with Crippen LogP contribution in [0.25, 0.3) is 93.5 Å². The third-order valence-corrected chi connectivity index (χ3v) is 10.7. The van der Waals surface area contributed by atoms with Crippen molar-refractivity contribution in [3.05, 3.63) is 194 Å². The van der Waals surface area contributed by atoms with E-state index in [0.717, 1.165) is 29.0 Å². The van der Waals surface area contributed by atoms with Gasteiger partial charge in [0.05, 0.1) is 11.0 Å². The Kier molecular flexibility index (Phi) is 7.47. The molecule has 53 heavy (non-hydrogen) atoms. The minimum Gasteiger partial charge on any atom is -0.296 e. The van der Waals surface area contributed by atoms with Crippen LogP contribution in [-0.4, -0.2) is 9.55 Å². The Morgan fingerprint density at radius 1 is 0.415 bits per heavy atom. The summed E-state index contributed by atoms with van der Waals surface area (Å²) in [4.78, 5) is 4.95. The van der Waals surface area contributed by atoms with E-state index in [1.165, 1.54) is 76.8 Å². The highest BCUT2D eigenvalue weighted by molar-refractivity contribution is 6.24. The smallest absolute Gasteiger partial charge is 0.114 e. The molecule has 10 aromatic rings. The second kappa shape index (κ2) is 12.8. The fourth-order valence-electron chi connectivity index (χ4n) is 8.29. The predicted molar refractivity (Wildman–Crippen MR) is 225 cm³/mol. The molecule has 0 aliphatic rings. The third-order valence-electron chi connectivity index (χ3n) is 10.7. The van der Waals surface area contributed by atoms with Crippen molar-refractivity contribution < 1.29 is 0 Å². The number of rotatable bonds is 6. The van der Waals surface area contributed by atoms with Gasteiger partial charge in [0.15, 0.2) is 0 Å². The fraction of sp³-hybridized carbons (Fsp3) is 0.0392. The number of hydrogen-bond acceptors (Lipinski definition) is 1. The highest BCUT2D eigenvalue weighted by Crippen LogP contribution is 2.46. The number of para-hydroxylation sites is 2. The maximum atomic E-state index is 4.95. The highest BCUT2D eigenvalue weighted by atomic mass is 15.1. The first-order chi connectivity index (χ1) is 26.2. The lowest BCUT2D eigenvalue weighted by Crippen LogP contribution is -2.00. The van der Waals surface area contributed by atoms with Crippen LogP contribution in [0.5, 0.6) is 0 Å². The van der Waals surface area contributed by atoms with Crippen LogP contribution in [0.4, 0.5) is 0 Å². The van der Waals surface area contributed by atoms with Crippen molar-refractivity contribution in [2.75, 3.05) is 0 Å². The standard InChI is InChI=1S/C51H36N2/c1-2-49-52-47-24-10-11-25-48(47)53(49)40-29-26-36(27-30-40)50-43-21-8-9-22-44(43)51(42-23-13-17-35-16-6-7-20-41(35)42)46-33-39(28-31-45(46)50)38-19-12-18-37(32-38)34-14-4-3-5-15-34/h3-33H,2H2,1H3. The predicted octanol–water partition coefficient (Wildman–Crippen LogP) is 13.7. The Bertz CT molecular complexity index is 2960. The zero-order chi connectivity index (χ0) is 35.3. The summed E-state index contributed by atoms with van der Waals surface area (Å²) < 4.78 is 2.30. The Morgan fingerprint density at radius 3 is 1.81 bits per heavy atom. The van der Waals surface area contributed by atoms with E-state index >= 15 is 0 Å². The van der Waals surface area contributed by atoms with Gasteiger partial charge in [-0.1, -0.05) is 159 Å². The monoisotopic (exact) mass is 676 g/mol. The SMILES string of the molecule is CCc1nc2ccccc2n1-c1ccc(-c2c3ccccc3c(-c3cccc4ccccc34)c3cc(-c4cccc(-c5ccccc5)c4)ccc23)cc1. The van der Waals surface area contributed by atoms with E-state index in [1.54, 1.807) is 0 Å². The number of benzene rings is 9. The molecule has 0 saturated carbocycles. The van der Waals surface area contributed by atoms with Gasteiger partial charge < -0.3 is 0 Å². The maximum absolute atomic E-state index is 4.95. The lowest BCUT2D eigenvalue weighted by Gasteiger charge is -2.20. The average molecular weight is 677 g/mol. The minimum atomic E-state index is 0.859. The van der Waals surface area contributed by atoms with Gasteiger partial charge in [0, 0.05) is 12.1 Å². The van der Waals surface area contributed by atoms with Gasteiger partial charge in [0.25, 0.3) is 0 Å². The summed E-state index contributed by atoms with van der Waals surface area (Å²) in [6.45, 7) is 2.17. The molecular formula is C51H36N2. The van der Waals surface area contributed by atoms with Crippen molar-refractivity contribution in [1.82, 2.24) is 9.55 Å². The molecule has 2 heteroatoms. The van der Waals surface area contributed by atoms with Gasteiger partial charge in [0.2, 0.25) is 0 Å². The van der Waals surface area contributed by atoms with E-state index in [-0.39, 0.29) is 0 Å². The summed E-state index contributed by atoms with van der Waals surface area (Å²) in [5.41, 5.74) is 13.1. The molecule has 1 aromatic heterocycles. The Labute approximate surface area is 309 Å². The van der Waals surface area contributed by atoms with Crippen LogP contribution in [0, 0.1) is 0 Å². The molecular weight excluding hydrogens is 641 g/mol. The molecule has 0 saturated heterocycles. The second-order valence-corrected chi connectivity index (χ2v) is 13.8. The molecule has 9 aromatic carbocycles. The first kappa shape index (κ1) is 31.0. The minimum absolute atomic E-state index is 0.859. The summed E-state index contributed by atoms with van der Waals surface area (Å²) in [6.07, 6.45) is 0.859. The molecule has 10 rings (SSSR count). The largest absolute Gasteiger partial charge is 0.296 e. The molecule has 0 amide bonds. The summed E-state index contributed by atoms with van der Waals surface area (Å²) in [7, 11) is 0. The number of fused-ring (bicyclic) bond motifs is 4. The number of aromatic nitrogens is 2. The van der Waals surface area contributed by atoms with Gasteiger partial charge >= 0.3 is 0 Å². The molecule has 0 radical (unpaired) electrons. The number of nitrogens with zero attached hydrogens (tertiary/aromatic N) is 2. The molecule has 0 aliphatic heterocycles.